The molecular formula is C20H27FN4OS. The van der Waals surface area contributed by atoms with Crippen molar-refractivity contribution in [1.29, 1.82) is 0 Å². The van der Waals surface area contributed by atoms with Crippen LogP contribution in [0.1, 0.15) is 56.8 Å². The number of nitrogens with zero attached hydrogens (tertiary/aromatic N) is 3. The minimum atomic E-state index is -0.244. The van der Waals surface area contributed by atoms with Crippen molar-refractivity contribution in [2.24, 2.45) is 0 Å². The first-order valence-electron chi connectivity index (χ1n) is 9.78. The molecule has 1 aliphatic heterocycles. The van der Waals surface area contributed by atoms with Gasteiger partial charge in [-0.05, 0) is 37.0 Å². The maximum absolute atomic E-state index is 13.0. The van der Waals surface area contributed by atoms with Crippen molar-refractivity contribution in [1.82, 2.24) is 14.7 Å². The normalized spacial score (nSPS) is 16.7. The first kappa shape index (κ1) is 19.7. The van der Waals surface area contributed by atoms with Gasteiger partial charge in [0.15, 0.2) is 0 Å². The predicted molar refractivity (Wildman–Crippen MR) is 107 cm³/mol. The SMILES string of the molecule is CCCCCCNC(=O)C1CCCN1c1nc(Cc2ccc(F)cc2)ns1. The van der Waals surface area contributed by atoms with Gasteiger partial charge in [0.1, 0.15) is 17.7 Å². The van der Waals surface area contributed by atoms with Gasteiger partial charge in [0, 0.05) is 31.0 Å². The number of carbonyl (C=O) groups excluding carboxylic acids is 1. The molecule has 0 radical (unpaired) electrons. The summed E-state index contributed by atoms with van der Waals surface area (Å²) in [6.07, 6.45) is 7.02. The van der Waals surface area contributed by atoms with Crippen molar-refractivity contribution in [3.63, 3.8) is 0 Å². The van der Waals surface area contributed by atoms with Gasteiger partial charge in [-0.15, -0.1) is 0 Å². The van der Waals surface area contributed by atoms with Gasteiger partial charge < -0.3 is 10.2 Å². The highest BCUT2D eigenvalue weighted by Gasteiger charge is 2.32. The molecule has 1 atom stereocenters. The Kier molecular flexibility index (Phi) is 7.15. The van der Waals surface area contributed by atoms with Gasteiger partial charge in [0.2, 0.25) is 11.0 Å². The Morgan fingerprint density at radius 2 is 2.11 bits per heavy atom. The molecule has 1 unspecified atom stereocenters. The van der Waals surface area contributed by atoms with E-state index < -0.39 is 0 Å². The molecular weight excluding hydrogens is 363 g/mol. The van der Waals surface area contributed by atoms with E-state index in [1.165, 1.54) is 36.5 Å². The third-order valence-electron chi connectivity index (χ3n) is 4.86. The standard InChI is InChI=1S/C20H27FN4OS/c1-2-3-4-5-12-22-19(26)17-7-6-13-25(17)20-23-18(24-27-20)14-15-8-10-16(21)11-9-15/h8-11,17H,2-7,12-14H2,1H3,(H,22,26). The van der Waals surface area contributed by atoms with Crippen LogP contribution in [-0.4, -0.2) is 34.4 Å². The van der Waals surface area contributed by atoms with Gasteiger partial charge in [-0.25, -0.2) is 9.37 Å². The molecule has 0 spiro atoms. The van der Waals surface area contributed by atoms with Gasteiger partial charge in [-0.3, -0.25) is 4.79 Å². The third kappa shape index (κ3) is 5.48. The number of aromatic nitrogens is 2. The average Bonchev–Trinajstić information content (AvgIpc) is 3.32. The number of benzene rings is 1. The Morgan fingerprint density at radius 1 is 1.30 bits per heavy atom. The Balaban J connectivity index is 1.56. The quantitative estimate of drug-likeness (QED) is 0.659. The highest BCUT2D eigenvalue weighted by atomic mass is 32.1. The summed E-state index contributed by atoms with van der Waals surface area (Å²) in [5, 5.41) is 3.88. The summed E-state index contributed by atoms with van der Waals surface area (Å²) in [6, 6.07) is 6.25. The van der Waals surface area contributed by atoms with Crippen molar-refractivity contribution in [3.05, 3.63) is 41.5 Å². The van der Waals surface area contributed by atoms with Crippen LogP contribution in [0.3, 0.4) is 0 Å². The number of hydrogen-bond acceptors (Lipinski definition) is 5. The van der Waals surface area contributed by atoms with Gasteiger partial charge >= 0.3 is 0 Å². The summed E-state index contributed by atoms with van der Waals surface area (Å²) in [6.45, 7) is 3.76. The first-order chi connectivity index (χ1) is 13.2. The van der Waals surface area contributed by atoms with Crippen molar-refractivity contribution in [2.75, 3.05) is 18.0 Å². The molecule has 1 amide bonds. The molecule has 0 aliphatic carbocycles. The summed E-state index contributed by atoms with van der Waals surface area (Å²) >= 11 is 1.34. The number of rotatable bonds is 9. The van der Waals surface area contributed by atoms with E-state index in [2.05, 4.69) is 26.5 Å². The summed E-state index contributed by atoms with van der Waals surface area (Å²) < 4.78 is 17.5. The number of halogens is 1. The molecule has 146 valence electrons. The summed E-state index contributed by atoms with van der Waals surface area (Å²) in [7, 11) is 0. The summed E-state index contributed by atoms with van der Waals surface area (Å²) in [4.78, 5) is 19.3. The topological polar surface area (TPSA) is 58.1 Å². The van der Waals surface area contributed by atoms with E-state index >= 15 is 0 Å². The van der Waals surface area contributed by atoms with Gasteiger partial charge in [-0.2, -0.15) is 4.37 Å². The lowest BCUT2D eigenvalue weighted by Crippen LogP contribution is -2.43. The number of anilines is 1. The molecule has 1 fully saturated rings. The van der Waals surface area contributed by atoms with E-state index in [0.29, 0.717) is 12.2 Å². The van der Waals surface area contributed by atoms with Crippen LogP contribution < -0.4 is 10.2 Å². The van der Waals surface area contributed by atoms with Crippen LogP contribution in [0.15, 0.2) is 24.3 Å². The zero-order valence-corrected chi connectivity index (χ0v) is 16.6. The molecule has 5 nitrogen and oxygen atoms in total. The molecule has 0 bridgehead atoms. The first-order valence-corrected chi connectivity index (χ1v) is 10.6. The van der Waals surface area contributed by atoms with Crippen LogP contribution in [0.5, 0.6) is 0 Å². The monoisotopic (exact) mass is 390 g/mol. The fourth-order valence-electron chi connectivity index (χ4n) is 3.37. The van der Waals surface area contributed by atoms with Crippen molar-refractivity contribution in [2.45, 2.75) is 57.9 Å². The highest BCUT2D eigenvalue weighted by Crippen LogP contribution is 2.27. The smallest absolute Gasteiger partial charge is 0.242 e. The van der Waals surface area contributed by atoms with Crippen molar-refractivity contribution < 1.29 is 9.18 Å². The van der Waals surface area contributed by atoms with Gasteiger partial charge in [0.25, 0.3) is 0 Å². The second-order valence-electron chi connectivity index (χ2n) is 7.00. The molecule has 2 aromatic rings. The number of amides is 1. The van der Waals surface area contributed by atoms with E-state index in [1.54, 1.807) is 12.1 Å². The van der Waals surface area contributed by atoms with Crippen LogP contribution in [0.2, 0.25) is 0 Å². The summed E-state index contributed by atoms with van der Waals surface area (Å²) in [5.74, 6) is 0.567. The van der Waals surface area contributed by atoms with E-state index in [-0.39, 0.29) is 17.8 Å². The van der Waals surface area contributed by atoms with Crippen molar-refractivity contribution >= 4 is 22.6 Å². The number of hydrogen-bond donors (Lipinski definition) is 1. The fraction of sp³-hybridized carbons (Fsp3) is 0.550. The fourth-order valence-corrected chi connectivity index (χ4v) is 4.13. The van der Waals surface area contributed by atoms with E-state index in [9.17, 15) is 9.18 Å². The molecule has 1 aromatic heterocycles. The van der Waals surface area contributed by atoms with Crippen molar-refractivity contribution in [3.8, 4) is 0 Å². The molecule has 2 heterocycles. The lowest BCUT2D eigenvalue weighted by Gasteiger charge is -2.22. The van der Waals surface area contributed by atoms with Crippen LogP contribution in [0.4, 0.5) is 9.52 Å². The lowest BCUT2D eigenvalue weighted by molar-refractivity contribution is -0.122. The molecule has 1 aromatic carbocycles. The maximum Gasteiger partial charge on any atom is 0.242 e. The van der Waals surface area contributed by atoms with Crippen LogP contribution >= 0.6 is 11.5 Å². The maximum atomic E-state index is 13.0. The van der Waals surface area contributed by atoms with E-state index in [1.807, 2.05) is 0 Å². The number of nitrogens with one attached hydrogen (secondary N) is 1. The molecule has 3 rings (SSSR count). The number of unbranched alkanes of at least 4 members (excludes halogenated alkanes) is 3. The molecule has 7 heteroatoms. The lowest BCUT2D eigenvalue weighted by atomic mass is 10.1. The minimum absolute atomic E-state index is 0.0966. The molecule has 27 heavy (non-hydrogen) atoms. The Bertz CT molecular complexity index is 734. The van der Waals surface area contributed by atoms with Gasteiger partial charge in [0.05, 0.1) is 0 Å². The van der Waals surface area contributed by atoms with E-state index in [0.717, 1.165) is 49.5 Å². The van der Waals surface area contributed by atoms with Crippen LogP contribution in [0.25, 0.3) is 0 Å². The molecule has 1 saturated heterocycles. The van der Waals surface area contributed by atoms with Gasteiger partial charge in [-0.1, -0.05) is 38.3 Å². The zero-order chi connectivity index (χ0) is 19.1. The van der Waals surface area contributed by atoms with Crippen LogP contribution in [-0.2, 0) is 11.2 Å². The van der Waals surface area contributed by atoms with Crippen LogP contribution in [0, 0.1) is 5.82 Å². The largest absolute Gasteiger partial charge is 0.354 e. The molecule has 1 aliphatic rings. The third-order valence-corrected chi connectivity index (χ3v) is 5.65. The Labute approximate surface area is 164 Å². The highest BCUT2D eigenvalue weighted by molar-refractivity contribution is 7.09. The second kappa shape index (κ2) is 9.78. The predicted octanol–water partition coefficient (Wildman–Crippen LogP) is 3.93. The average molecular weight is 391 g/mol. The minimum Gasteiger partial charge on any atom is -0.354 e. The Morgan fingerprint density at radius 3 is 2.89 bits per heavy atom. The number of carbonyl (C=O) groups is 1. The van der Waals surface area contributed by atoms with E-state index in [4.69, 9.17) is 0 Å². The second-order valence-corrected chi connectivity index (χ2v) is 7.73. The summed E-state index contributed by atoms with van der Waals surface area (Å²) in [5.41, 5.74) is 0.976. The Hall–Kier alpha value is -2.02. The molecule has 1 N–H and O–H groups in total. The molecule has 0 saturated carbocycles. The zero-order valence-electron chi connectivity index (χ0n) is 15.8.